The van der Waals surface area contributed by atoms with Gasteiger partial charge in [-0.25, -0.2) is 0 Å². The van der Waals surface area contributed by atoms with E-state index in [9.17, 15) is 4.79 Å². The molecule has 0 aliphatic rings. The number of ether oxygens (including phenoxy) is 3. The Labute approximate surface area is 170 Å². The van der Waals surface area contributed by atoms with Gasteiger partial charge in [-0.1, -0.05) is 36.4 Å². The third kappa shape index (κ3) is 5.48. The van der Waals surface area contributed by atoms with Crippen LogP contribution < -0.4 is 19.5 Å². The van der Waals surface area contributed by atoms with Crippen molar-refractivity contribution in [2.45, 2.75) is 13.0 Å². The number of pyridine rings is 1. The van der Waals surface area contributed by atoms with Gasteiger partial charge in [0.25, 0.3) is 5.91 Å². The van der Waals surface area contributed by atoms with E-state index < -0.39 is 0 Å². The molecule has 0 unspecified atom stereocenters. The van der Waals surface area contributed by atoms with Crippen molar-refractivity contribution in [2.75, 3.05) is 20.8 Å². The van der Waals surface area contributed by atoms with Crippen LogP contribution in [0.2, 0.25) is 0 Å². The van der Waals surface area contributed by atoms with Crippen LogP contribution in [0.15, 0.2) is 67.0 Å². The van der Waals surface area contributed by atoms with Gasteiger partial charge in [-0.15, -0.1) is 0 Å². The van der Waals surface area contributed by atoms with Crippen molar-refractivity contribution >= 4 is 5.91 Å². The molecule has 1 aromatic heterocycles. The molecule has 1 heterocycles. The van der Waals surface area contributed by atoms with Crippen molar-refractivity contribution in [2.24, 2.45) is 0 Å². The van der Waals surface area contributed by atoms with Crippen molar-refractivity contribution in [3.05, 3.63) is 83.7 Å². The van der Waals surface area contributed by atoms with Crippen LogP contribution in [0.4, 0.5) is 0 Å². The molecule has 0 fully saturated rings. The third-order valence-electron chi connectivity index (χ3n) is 4.37. The highest BCUT2D eigenvalue weighted by molar-refractivity contribution is 5.95. The largest absolute Gasteiger partial charge is 0.493 e. The number of amides is 1. The molecule has 0 atom stereocenters. The summed E-state index contributed by atoms with van der Waals surface area (Å²) < 4.78 is 16.8. The topological polar surface area (TPSA) is 69.7 Å². The van der Waals surface area contributed by atoms with Crippen molar-refractivity contribution in [1.82, 2.24) is 10.3 Å². The zero-order valence-corrected chi connectivity index (χ0v) is 16.6. The summed E-state index contributed by atoms with van der Waals surface area (Å²) in [6, 6.07) is 17.0. The highest BCUT2D eigenvalue weighted by atomic mass is 16.5. The molecular formula is C23H24N2O4. The second-order valence-corrected chi connectivity index (χ2v) is 6.35. The Kier molecular flexibility index (Phi) is 7.05. The van der Waals surface area contributed by atoms with Gasteiger partial charge in [-0.3, -0.25) is 9.78 Å². The summed E-state index contributed by atoms with van der Waals surface area (Å²) in [6.07, 6.45) is 4.21. The van der Waals surface area contributed by atoms with Crippen LogP contribution in [0.5, 0.6) is 17.2 Å². The lowest BCUT2D eigenvalue weighted by molar-refractivity contribution is 0.0953. The molecule has 0 bridgehead atoms. The van der Waals surface area contributed by atoms with Crippen molar-refractivity contribution in [3.63, 3.8) is 0 Å². The molecule has 3 rings (SSSR count). The molecule has 0 spiro atoms. The average Bonchev–Trinajstić information content (AvgIpc) is 2.78. The third-order valence-corrected chi connectivity index (χ3v) is 4.37. The normalized spacial score (nSPS) is 10.3. The number of nitrogens with zero attached hydrogens (tertiary/aromatic N) is 1. The highest BCUT2D eigenvalue weighted by Gasteiger charge is 2.18. The van der Waals surface area contributed by atoms with Crippen molar-refractivity contribution in [1.29, 1.82) is 0 Å². The summed E-state index contributed by atoms with van der Waals surface area (Å²) in [5, 5.41) is 2.91. The molecule has 0 aliphatic heterocycles. The minimum Gasteiger partial charge on any atom is -0.493 e. The number of rotatable bonds is 9. The van der Waals surface area contributed by atoms with Crippen LogP contribution in [0.25, 0.3) is 0 Å². The second kappa shape index (κ2) is 10.1. The number of aromatic nitrogens is 1. The van der Waals surface area contributed by atoms with Gasteiger partial charge in [0.05, 0.1) is 14.2 Å². The second-order valence-electron chi connectivity index (χ2n) is 6.35. The summed E-state index contributed by atoms with van der Waals surface area (Å²) in [7, 11) is 3.07. The number of methoxy groups -OCH3 is 2. The molecule has 0 saturated heterocycles. The van der Waals surface area contributed by atoms with E-state index in [2.05, 4.69) is 10.3 Å². The van der Waals surface area contributed by atoms with Crippen molar-refractivity contribution < 1.29 is 19.0 Å². The molecule has 1 N–H and O–H groups in total. The lowest BCUT2D eigenvalue weighted by Gasteiger charge is -2.16. The molecule has 2 aromatic carbocycles. The first-order valence-electron chi connectivity index (χ1n) is 9.31. The lowest BCUT2D eigenvalue weighted by Crippen LogP contribution is -2.25. The molecule has 150 valence electrons. The molecular weight excluding hydrogens is 368 g/mol. The van der Waals surface area contributed by atoms with Crippen molar-refractivity contribution in [3.8, 4) is 17.2 Å². The number of nitrogens with one attached hydrogen (secondary N) is 1. The first-order chi connectivity index (χ1) is 14.2. The molecule has 0 radical (unpaired) electrons. The summed E-state index contributed by atoms with van der Waals surface area (Å²) in [5.41, 5.74) is 2.53. The molecule has 0 aliphatic carbocycles. The van der Waals surface area contributed by atoms with Gasteiger partial charge in [-0.05, 0) is 35.7 Å². The number of benzene rings is 2. The minimum absolute atomic E-state index is 0.208. The maximum Gasteiger partial charge on any atom is 0.251 e. The fourth-order valence-corrected chi connectivity index (χ4v) is 2.85. The van der Waals surface area contributed by atoms with Crippen LogP contribution in [0.1, 0.15) is 21.5 Å². The lowest BCUT2D eigenvalue weighted by atomic mass is 10.1. The minimum atomic E-state index is -0.208. The molecule has 29 heavy (non-hydrogen) atoms. The van der Waals surface area contributed by atoms with Gasteiger partial charge in [-0.2, -0.15) is 0 Å². The van der Waals surface area contributed by atoms with E-state index in [-0.39, 0.29) is 5.91 Å². The van der Waals surface area contributed by atoms with Gasteiger partial charge in [0.2, 0.25) is 5.75 Å². The highest BCUT2D eigenvalue weighted by Crippen LogP contribution is 2.39. The molecule has 1 amide bonds. The number of hydrogen-bond acceptors (Lipinski definition) is 5. The first-order valence-corrected chi connectivity index (χ1v) is 9.31. The van der Waals surface area contributed by atoms with E-state index in [1.807, 2.05) is 42.5 Å². The number of carbonyl (C=O) groups excluding carboxylic acids is 1. The van der Waals surface area contributed by atoms with E-state index in [1.54, 1.807) is 24.5 Å². The standard InChI is InChI=1S/C23H24N2O4/c1-27-20-13-19(23(26)25-12-10-17-9-6-11-24-15-17)14-21(28-2)22(20)29-16-18-7-4-3-5-8-18/h3-9,11,13-15H,10,12,16H2,1-2H3,(H,25,26). The summed E-state index contributed by atoms with van der Waals surface area (Å²) >= 11 is 0. The van der Waals surface area contributed by atoms with Gasteiger partial charge >= 0.3 is 0 Å². The van der Waals surface area contributed by atoms with E-state index in [4.69, 9.17) is 14.2 Å². The predicted molar refractivity (Wildman–Crippen MR) is 111 cm³/mol. The Morgan fingerprint density at radius 1 is 0.966 bits per heavy atom. The van der Waals surface area contributed by atoms with E-state index in [0.29, 0.717) is 42.4 Å². The van der Waals surface area contributed by atoms with Crippen LogP contribution in [-0.2, 0) is 13.0 Å². The predicted octanol–water partition coefficient (Wildman–Crippen LogP) is 3.65. The zero-order chi connectivity index (χ0) is 20.5. The average molecular weight is 392 g/mol. The Morgan fingerprint density at radius 2 is 1.66 bits per heavy atom. The molecule has 6 heteroatoms. The number of hydrogen-bond donors (Lipinski definition) is 1. The SMILES string of the molecule is COc1cc(C(=O)NCCc2cccnc2)cc(OC)c1OCc1ccccc1. The van der Waals surface area contributed by atoms with Crippen LogP contribution in [0, 0.1) is 0 Å². The smallest absolute Gasteiger partial charge is 0.251 e. The van der Waals surface area contributed by atoms with E-state index in [1.165, 1.54) is 14.2 Å². The quantitative estimate of drug-likeness (QED) is 0.602. The van der Waals surface area contributed by atoms with Crippen LogP contribution >= 0.6 is 0 Å². The summed E-state index contributed by atoms with van der Waals surface area (Å²) in [4.78, 5) is 16.7. The van der Waals surface area contributed by atoms with Gasteiger partial charge in [0.1, 0.15) is 6.61 Å². The van der Waals surface area contributed by atoms with Gasteiger partial charge in [0.15, 0.2) is 11.5 Å². The van der Waals surface area contributed by atoms with E-state index >= 15 is 0 Å². The van der Waals surface area contributed by atoms with Gasteiger partial charge in [0, 0.05) is 24.5 Å². The Balaban J connectivity index is 1.70. The maximum absolute atomic E-state index is 12.6. The Hall–Kier alpha value is -3.54. The van der Waals surface area contributed by atoms with Crippen LogP contribution in [-0.4, -0.2) is 31.7 Å². The first kappa shape index (κ1) is 20.2. The Morgan fingerprint density at radius 3 is 2.28 bits per heavy atom. The number of carbonyl (C=O) groups is 1. The monoisotopic (exact) mass is 392 g/mol. The summed E-state index contributed by atoms with van der Waals surface area (Å²) in [5.74, 6) is 1.14. The fraction of sp³-hybridized carbons (Fsp3) is 0.217. The molecule has 6 nitrogen and oxygen atoms in total. The van der Waals surface area contributed by atoms with Gasteiger partial charge < -0.3 is 19.5 Å². The maximum atomic E-state index is 12.6. The fourth-order valence-electron chi connectivity index (χ4n) is 2.85. The zero-order valence-electron chi connectivity index (χ0n) is 16.6. The molecule has 0 saturated carbocycles. The van der Waals surface area contributed by atoms with Crippen LogP contribution in [0.3, 0.4) is 0 Å². The Bertz CT molecular complexity index is 905. The molecule has 3 aromatic rings. The summed E-state index contributed by atoms with van der Waals surface area (Å²) in [6.45, 7) is 0.867. The van der Waals surface area contributed by atoms with E-state index in [0.717, 1.165) is 11.1 Å².